The maximum absolute atomic E-state index is 12.2. The molecule has 0 unspecified atom stereocenters. The van der Waals surface area contributed by atoms with Gasteiger partial charge in [-0.1, -0.05) is 17.7 Å². The molecule has 3 rings (SSSR count). The molecule has 0 aliphatic heterocycles. The number of hydrogen-bond acceptors (Lipinski definition) is 5. The van der Waals surface area contributed by atoms with Crippen LogP contribution in [0.1, 0.15) is 35.0 Å². The van der Waals surface area contributed by atoms with Gasteiger partial charge in [0.05, 0.1) is 0 Å². The van der Waals surface area contributed by atoms with Crippen LogP contribution in [0.15, 0.2) is 36.5 Å². The van der Waals surface area contributed by atoms with Crippen LogP contribution in [0.3, 0.4) is 0 Å². The molecular formula is C20H20ClN3O4. The molecule has 146 valence electrons. The molecule has 0 radical (unpaired) electrons. The quantitative estimate of drug-likeness (QED) is 0.725. The zero-order chi connectivity index (χ0) is 20.1. The number of pyridine rings is 1. The molecule has 1 atom stereocenters. The van der Waals surface area contributed by atoms with Gasteiger partial charge >= 0.3 is 5.97 Å². The van der Waals surface area contributed by atoms with Crippen LogP contribution >= 0.6 is 11.6 Å². The molecule has 0 saturated carbocycles. The van der Waals surface area contributed by atoms with Gasteiger partial charge in [-0.15, -0.1) is 0 Å². The zero-order valence-corrected chi connectivity index (χ0v) is 16.1. The van der Waals surface area contributed by atoms with Crippen LogP contribution in [-0.4, -0.2) is 35.4 Å². The summed E-state index contributed by atoms with van der Waals surface area (Å²) in [6, 6.07) is 8.72. The zero-order valence-electron chi connectivity index (χ0n) is 15.3. The number of aryl methyl sites for hydroxylation is 2. The Morgan fingerprint density at radius 3 is 2.75 bits per heavy atom. The average Bonchev–Trinajstić information content (AvgIpc) is 3.13. The Bertz CT molecular complexity index is 916. The van der Waals surface area contributed by atoms with Crippen LogP contribution in [0.4, 0.5) is 5.69 Å². The summed E-state index contributed by atoms with van der Waals surface area (Å²) in [5.41, 5.74) is 3.30. The molecule has 8 heteroatoms. The number of nitrogens with one attached hydrogen (secondary N) is 2. The molecule has 0 spiro atoms. The first-order chi connectivity index (χ1) is 13.4. The first kappa shape index (κ1) is 19.8. The highest BCUT2D eigenvalue weighted by Gasteiger charge is 2.20. The fourth-order valence-electron chi connectivity index (χ4n) is 2.96. The number of ether oxygens (including phenoxy) is 1. The Hall–Kier alpha value is -2.93. The first-order valence-corrected chi connectivity index (χ1v) is 9.32. The number of carbonyl (C=O) groups is 3. The van der Waals surface area contributed by atoms with Crippen molar-refractivity contribution >= 4 is 35.1 Å². The van der Waals surface area contributed by atoms with Gasteiger partial charge in [-0.3, -0.25) is 19.4 Å². The van der Waals surface area contributed by atoms with E-state index in [1.165, 1.54) is 36.4 Å². The van der Waals surface area contributed by atoms with Crippen LogP contribution in [0, 0.1) is 0 Å². The Balaban J connectivity index is 1.47. The number of fused-ring (bicyclic) bond motifs is 1. The van der Waals surface area contributed by atoms with Crippen molar-refractivity contribution in [3.63, 3.8) is 0 Å². The van der Waals surface area contributed by atoms with E-state index in [1.807, 2.05) is 18.2 Å². The third-order valence-electron chi connectivity index (χ3n) is 4.39. The Labute approximate surface area is 167 Å². The van der Waals surface area contributed by atoms with Crippen molar-refractivity contribution in [1.82, 2.24) is 10.3 Å². The Kier molecular flexibility index (Phi) is 6.26. The molecule has 2 N–H and O–H groups in total. The highest BCUT2D eigenvalue weighted by Crippen LogP contribution is 2.25. The van der Waals surface area contributed by atoms with E-state index < -0.39 is 23.9 Å². The number of aromatic nitrogens is 1. The summed E-state index contributed by atoms with van der Waals surface area (Å²) in [6.07, 6.45) is 3.58. The lowest BCUT2D eigenvalue weighted by Gasteiger charge is -2.14. The first-order valence-electron chi connectivity index (χ1n) is 8.94. The third kappa shape index (κ3) is 5.07. The van der Waals surface area contributed by atoms with Gasteiger partial charge in [-0.2, -0.15) is 0 Å². The smallest absolute Gasteiger partial charge is 0.326 e. The minimum atomic E-state index is -0.998. The standard InChI is InChI=1S/C20H20ClN3O4/c1-12(19(26)24-16-6-5-13-3-2-4-14(13)9-16)28-18(25)11-23-20(27)17-10-15(21)7-8-22-17/h5-10,12H,2-4,11H2,1H3,(H,23,27)(H,24,26)/t12-/m1/s1. The molecule has 0 fully saturated rings. The number of carbonyl (C=O) groups excluding carboxylic acids is 3. The van der Waals surface area contributed by atoms with Gasteiger partial charge in [0.15, 0.2) is 6.10 Å². The summed E-state index contributed by atoms with van der Waals surface area (Å²) in [5, 5.41) is 5.49. The minimum absolute atomic E-state index is 0.0858. The van der Waals surface area contributed by atoms with Crippen molar-refractivity contribution in [3.05, 3.63) is 58.4 Å². The Morgan fingerprint density at radius 1 is 1.18 bits per heavy atom. The van der Waals surface area contributed by atoms with Gasteiger partial charge in [-0.25, -0.2) is 0 Å². The van der Waals surface area contributed by atoms with E-state index in [0.29, 0.717) is 10.7 Å². The fourth-order valence-corrected chi connectivity index (χ4v) is 3.12. The van der Waals surface area contributed by atoms with Crippen molar-refractivity contribution < 1.29 is 19.1 Å². The average molecular weight is 402 g/mol. The molecule has 1 aliphatic rings. The number of halogens is 1. The molecular weight excluding hydrogens is 382 g/mol. The van der Waals surface area contributed by atoms with Gasteiger partial charge in [-0.05, 0) is 61.6 Å². The maximum atomic E-state index is 12.2. The van der Waals surface area contributed by atoms with Crippen molar-refractivity contribution in [2.75, 3.05) is 11.9 Å². The summed E-state index contributed by atoms with van der Waals surface area (Å²) in [6.45, 7) is 1.09. The van der Waals surface area contributed by atoms with Crippen molar-refractivity contribution in [2.24, 2.45) is 0 Å². The summed E-state index contributed by atoms with van der Waals surface area (Å²) in [7, 11) is 0. The van der Waals surface area contributed by atoms with E-state index in [2.05, 4.69) is 15.6 Å². The van der Waals surface area contributed by atoms with E-state index in [1.54, 1.807) is 0 Å². The lowest BCUT2D eigenvalue weighted by molar-refractivity contribution is -0.152. The second-order valence-corrected chi connectivity index (χ2v) is 6.94. The summed E-state index contributed by atoms with van der Waals surface area (Å²) >= 11 is 5.80. The van der Waals surface area contributed by atoms with E-state index in [-0.39, 0.29) is 12.2 Å². The minimum Gasteiger partial charge on any atom is -0.451 e. The van der Waals surface area contributed by atoms with E-state index in [9.17, 15) is 14.4 Å². The second kappa shape index (κ2) is 8.84. The molecule has 1 heterocycles. The van der Waals surface area contributed by atoms with Gasteiger partial charge in [0.2, 0.25) is 0 Å². The molecule has 2 amide bonds. The Morgan fingerprint density at radius 2 is 1.96 bits per heavy atom. The number of anilines is 1. The predicted molar refractivity (Wildman–Crippen MR) is 104 cm³/mol. The van der Waals surface area contributed by atoms with E-state index >= 15 is 0 Å². The highest BCUT2D eigenvalue weighted by atomic mass is 35.5. The van der Waals surface area contributed by atoms with E-state index in [0.717, 1.165) is 19.3 Å². The predicted octanol–water partition coefficient (Wildman–Crippen LogP) is 2.52. The van der Waals surface area contributed by atoms with Crippen molar-refractivity contribution in [2.45, 2.75) is 32.3 Å². The van der Waals surface area contributed by atoms with E-state index in [4.69, 9.17) is 16.3 Å². The molecule has 1 aliphatic carbocycles. The molecule has 2 aromatic rings. The van der Waals surface area contributed by atoms with Crippen LogP contribution in [0.5, 0.6) is 0 Å². The van der Waals surface area contributed by atoms with Gasteiger partial charge < -0.3 is 15.4 Å². The largest absolute Gasteiger partial charge is 0.451 e. The number of esters is 1. The van der Waals surface area contributed by atoms with Crippen molar-refractivity contribution in [3.8, 4) is 0 Å². The van der Waals surface area contributed by atoms with Gasteiger partial charge in [0, 0.05) is 16.9 Å². The number of hydrogen-bond donors (Lipinski definition) is 2. The van der Waals surface area contributed by atoms with Crippen LogP contribution in [-0.2, 0) is 27.2 Å². The molecule has 7 nitrogen and oxygen atoms in total. The molecule has 1 aromatic carbocycles. The van der Waals surface area contributed by atoms with Crippen LogP contribution in [0.25, 0.3) is 0 Å². The topological polar surface area (TPSA) is 97.4 Å². The summed E-state index contributed by atoms with van der Waals surface area (Å²) in [4.78, 5) is 39.9. The third-order valence-corrected chi connectivity index (χ3v) is 4.63. The fraction of sp³-hybridized carbons (Fsp3) is 0.300. The van der Waals surface area contributed by atoms with Crippen molar-refractivity contribution in [1.29, 1.82) is 0 Å². The number of nitrogens with zero attached hydrogens (tertiary/aromatic N) is 1. The normalized spacial score (nSPS) is 13.4. The van der Waals surface area contributed by atoms with Gasteiger partial charge in [0.1, 0.15) is 12.2 Å². The number of rotatable bonds is 6. The highest BCUT2D eigenvalue weighted by molar-refractivity contribution is 6.30. The lowest BCUT2D eigenvalue weighted by Crippen LogP contribution is -2.36. The SMILES string of the molecule is C[C@@H](OC(=O)CNC(=O)c1cc(Cl)ccn1)C(=O)Nc1ccc2c(c1)CCC2. The number of amides is 2. The second-order valence-electron chi connectivity index (χ2n) is 6.50. The van der Waals surface area contributed by atoms with Gasteiger partial charge in [0.25, 0.3) is 11.8 Å². The van der Waals surface area contributed by atoms with Crippen LogP contribution < -0.4 is 10.6 Å². The maximum Gasteiger partial charge on any atom is 0.326 e. The molecule has 28 heavy (non-hydrogen) atoms. The van der Waals surface area contributed by atoms with Crippen LogP contribution in [0.2, 0.25) is 5.02 Å². The summed E-state index contributed by atoms with van der Waals surface area (Å²) in [5.74, 6) is -1.73. The monoisotopic (exact) mass is 401 g/mol. The molecule has 0 saturated heterocycles. The number of benzene rings is 1. The molecule has 0 bridgehead atoms. The summed E-state index contributed by atoms with van der Waals surface area (Å²) < 4.78 is 5.07. The lowest BCUT2D eigenvalue weighted by atomic mass is 10.1. The molecule has 1 aromatic heterocycles.